The molecule has 130 valence electrons. The minimum atomic E-state index is -4.30. The van der Waals surface area contributed by atoms with Crippen LogP contribution in [0.1, 0.15) is 24.2 Å². The van der Waals surface area contributed by atoms with E-state index >= 15 is 0 Å². The number of hydrogen-bond acceptors (Lipinski definition) is 4. The van der Waals surface area contributed by atoms with Crippen molar-refractivity contribution in [2.75, 3.05) is 18.0 Å². The first-order valence-electron chi connectivity index (χ1n) is 7.92. The molecule has 8 heteroatoms. The highest BCUT2D eigenvalue weighted by molar-refractivity contribution is 5.49. The number of hydrogen-bond donors (Lipinski definition) is 1. The average molecular weight is 339 g/mol. The molecule has 0 atom stereocenters. The first-order valence-corrected chi connectivity index (χ1v) is 7.92. The third-order valence-corrected chi connectivity index (χ3v) is 4.39. The molecule has 1 N–H and O–H groups in total. The average Bonchev–Trinajstić information content (AvgIpc) is 2.98. The highest BCUT2D eigenvalue weighted by atomic mass is 19.4. The molecule has 0 spiro atoms. The van der Waals surface area contributed by atoms with Crippen molar-refractivity contribution in [1.29, 1.82) is 0 Å². The van der Waals surface area contributed by atoms with Crippen molar-refractivity contribution in [2.45, 2.75) is 31.6 Å². The summed E-state index contributed by atoms with van der Waals surface area (Å²) in [6.07, 6.45) is -1.01. The van der Waals surface area contributed by atoms with Gasteiger partial charge in [-0.05, 0) is 31.0 Å². The quantitative estimate of drug-likeness (QED) is 0.930. The fraction of sp³-hybridized carbons (Fsp3) is 0.500. The second kappa shape index (κ2) is 6.80. The maximum absolute atomic E-state index is 12.8. The number of aromatic nitrogens is 3. The van der Waals surface area contributed by atoms with E-state index < -0.39 is 11.7 Å². The normalized spacial score (nSPS) is 16.6. The van der Waals surface area contributed by atoms with Gasteiger partial charge in [-0.25, -0.2) is 4.98 Å². The van der Waals surface area contributed by atoms with E-state index in [0.717, 1.165) is 37.8 Å². The Kier molecular flexibility index (Phi) is 4.75. The van der Waals surface area contributed by atoms with Gasteiger partial charge in [-0.1, -0.05) is 6.07 Å². The van der Waals surface area contributed by atoms with Crippen LogP contribution in [0.25, 0.3) is 0 Å². The number of halogens is 3. The van der Waals surface area contributed by atoms with Gasteiger partial charge in [0.25, 0.3) is 0 Å². The van der Waals surface area contributed by atoms with Gasteiger partial charge in [0.05, 0.1) is 12.1 Å². The summed E-state index contributed by atoms with van der Waals surface area (Å²) in [5, 5.41) is 7.47. The molecule has 0 aliphatic carbocycles. The molecular formula is C16H20F3N5. The third kappa shape index (κ3) is 3.87. The van der Waals surface area contributed by atoms with Gasteiger partial charge < -0.3 is 10.2 Å². The van der Waals surface area contributed by atoms with Crippen LogP contribution in [-0.4, -0.2) is 33.9 Å². The van der Waals surface area contributed by atoms with E-state index in [1.807, 2.05) is 11.9 Å². The molecule has 0 amide bonds. The molecule has 1 aliphatic heterocycles. The lowest BCUT2D eigenvalue weighted by Gasteiger charge is -2.34. The number of nitrogens with zero attached hydrogens (tertiary/aromatic N) is 4. The van der Waals surface area contributed by atoms with Gasteiger partial charge in [-0.2, -0.15) is 18.3 Å². The first-order chi connectivity index (χ1) is 11.4. The van der Waals surface area contributed by atoms with Gasteiger partial charge in [-0.15, -0.1) is 0 Å². The largest absolute Gasteiger partial charge is 0.416 e. The molecule has 0 saturated carbocycles. The first kappa shape index (κ1) is 16.8. The topological polar surface area (TPSA) is 46.0 Å². The summed E-state index contributed by atoms with van der Waals surface area (Å²) in [5.74, 6) is 0.871. The molecule has 0 radical (unpaired) electrons. The van der Waals surface area contributed by atoms with Crippen LogP contribution in [0.3, 0.4) is 0 Å². The van der Waals surface area contributed by atoms with Crippen molar-refractivity contribution in [3.63, 3.8) is 0 Å². The summed E-state index contributed by atoms with van der Waals surface area (Å²) >= 11 is 0. The lowest BCUT2D eigenvalue weighted by atomic mass is 10.0. The number of anilines is 1. The van der Waals surface area contributed by atoms with Gasteiger partial charge in [-0.3, -0.25) is 4.68 Å². The molecular weight excluding hydrogens is 319 g/mol. The summed E-state index contributed by atoms with van der Waals surface area (Å²) in [4.78, 5) is 6.18. The van der Waals surface area contributed by atoms with E-state index in [4.69, 9.17) is 0 Å². The van der Waals surface area contributed by atoms with E-state index in [1.54, 1.807) is 10.7 Å². The van der Waals surface area contributed by atoms with Gasteiger partial charge in [0.1, 0.15) is 12.2 Å². The zero-order valence-corrected chi connectivity index (χ0v) is 13.4. The van der Waals surface area contributed by atoms with Crippen molar-refractivity contribution < 1.29 is 13.2 Å². The van der Waals surface area contributed by atoms with Crippen LogP contribution < -0.4 is 10.2 Å². The molecule has 0 unspecified atom stereocenters. The number of aryl methyl sites for hydroxylation is 1. The van der Waals surface area contributed by atoms with E-state index in [2.05, 4.69) is 15.4 Å². The number of nitrogens with one attached hydrogen (secondary N) is 1. The Bertz CT molecular complexity index is 674. The number of benzene rings is 1. The molecule has 1 aromatic heterocycles. The lowest BCUT2D eigenvalue weighted by Crippen LogP contribution is -2.42. The van der Waals surface area contributed by atoms with Crippen molar-refractivity contribution in [1.82, 2.24) is 20.1 Å². The minimum Gasteiger partial charge on any atom is -0.371 e. The third-order valence-electron chi connectivity index (χ3n) is 4.39. The highest BCUT2D eigenvalue weighted by Crippen LogP contribution is 2.32. The smallest absolute Gasteiger partial charge is 0.371 e. The van der Waals surface area contributed by atoms with Gasteiger partial charge >= 0.3 is 6.18 Å². The van der Waals surface area contributed by atoms with Crippen LogP contribution in [0.15, 0.2) is 30.6 Å². The minimum absolute atomic E-state index is 0.337. The number of alkyl halides is 3. The molecule has 5 nitrogen and oxygen atoms in total. The zero-order valence-electron chi connectivity index (χ0n) is 13.4. The standard InChI is InChI=1S/C16H20F3N5/c1-23-15(21-11-22-23)10-20-13-5-7-24(8-6-13)14-4-2-3-12(9-14)16(17,18)19/h2-4,9,11,13,20H,5-8,10H2,1H3. The van der Waals surface area contributed by atoms with E-state index in [0.29, 0.717) is 18.3 Å². The summed E-state index contributed by atoms with van der Waals surface area (Å²) in [6, 6.07) is 5.88. The molecule has 24 heavy (non-hydrogen) atoms. The van der Waals surface area contributed by atoms with Gasteiger partial charge in [0.2, 0.25) is 0 Å². The zero-order chi connectivity index (χ0) is 17.2. The fourth-order valence-electron chi connectivity index (χ4n) is 2.94. The second-order valence-electron chi connectivity index (χ2n) is 5.99. The Labute approximate surface area is 138 Å². The summed E-state index contributed by atoms with van der Waals surface area (Å²) in [5.41, 5.74) is 0.0408. The monoisotopic (exact) mass is 339 g/mol. The van der Waals surface area contributed by atoms with Crippen LogP contribution in [0, 0.1) is 0 Å². The van der Waals surface area contributed by atoms with Crippen LogP contribution in [0.2, 0.25) is 0 Å². The molecule has 1 aromatic carbocycles. The highest BCUT2D eigenvalue weighted by Gasteiger charge is 2.31. The molecule has 0 bridgehead atoms. The van der Waals surface area contributed by atoms with Crippen molar-refractivity contribution >= 4 is 5.69 Å². The molecule has 2 aromatic rings. The Morgan fingerprint density at radius 1 is 1.25 bits per heavy atom. The van der Waals surface area contributed by atoms with Crippen LogP contribution in [0.4, 0.5) is 18.9 Å². The maximum Gasteiger partial charge on any atom is 0.416 e. The van der Waals surface area contributed by atoms with Crippen molar-refractivity contribution in [3.05, 3.63) is 42.0 Å². The van der Waals surface area contributed by atoms with E-state index in [9.17, 15) is 13.2 Å². The Morgan fingerprint density at radius 3 is 2.62 bits per heavy atom. The lowest BCUT2D eigenvalue weighted by molar-refractivity contribution is -0.137. The molecule has 3 rings (SSSR count). The van der Waals surface area contributed by atoms with E-state index in [-0.39, 0.29) is 0 Å². The predicted molar refractivity (Wildman–Crippen MR) is 84.5 cm³/mol. The van der Waals surface area contributed by atoms with Crippen molar-refractivity contribution in [2.24, 2.45) is 7.05 Å². The number of piperidine rings is 1. The molecule has 1 saturated heterocycles. The van der Waals surface area contributed by atoms with Gasteiger partial charge in [0, 0.05) is 31.9 Å². The Morgan fingerprint density at radius 2 is 2.00 bits per heavy atom. The number of rotatable bonds is 4. The van der Waals surface area contributed by atoms with Crippen LogP contribution in [0.5, 0.6) is 0 Å². The molecule has 2 heterocycles. The summed E-state index contributed by atoms with van der Waals surface area (Å²) in [6.45, 7) is 2.11. The Hall–Kier alpha value is -2.09. The predicted octanol–water partition coefficient (Wildman–Crippen LogP) is 2.59. The van der Waals surface area contributed by atoms with Crippen molar-refractivity contribution in [3.8, 4) is 0 Å². The molecule has 1 aliphatic rings. The fourth-order valence-corrected chi connectivity index (χ4v) is 2.94. The summed E-state index contributed by atoms with van der Waals surface area (Å²) < 4.78 is 40.2. The Balaban J connectivity index is 1.54. The van der Waals surface area contributed by atoms with Crippen LogP contribution in [-0.2, 0) is 19.8 Å². The molecule has 1 fully saturated rings. The van der Waals surface area contributed by atoms with Gasteiger partial charge in [0.15, 0.2) is 0 Å². The van der Waals surface area contributed by atoms with Crippen LogP contribution >= 0.6 is 0 Å². The summed E-state index contributed by atoms with van der Waals surface area (Å²) in [7, 11) is 1.85. The SMILES string of the molecule is Cn1ncnc1CNC1CCN(c2cccc(C(F)(F)F)c2)CC1. The van der Waals surface area contributed by atoms with E-state index in [1.165, 1.54) is 18.5 Å². The maximum atomic E-state index is 12.8. The second-order valence-corrected chi connectivity index (χ2v) is 5.99.